The Morgan fingerprint density at radius 2 is 2.22 bits per heavy atom. The maximum Gasteiger partial charge on any atom is 0.237 e. The van der Waals surface area contributed by atoms with Crippen molar-refractivity contribution in [3.8, 4) is 0 Å². The normalized spacial score (nSPS) is 15.2. The van der Waals surface area contributed by atoms with Crippen LogP contribution in [0.2, 0.25) is 0 Å². The van der Waals surface area contributed by atoms with Gasteiger partial charge in [0, 0.05) is 11.4 Å². The van der Waals surface area contributed by atoms with Crippen LogP contribution in [0.25, 0.3) is 0 Å². The molecule has 1 aromatic carbocycles. The Kier molecular flexibility index (Phi) is 4.66. The fraction of sp³-hybridized carbons (Fsp3) is 0.500. The molecule has 0 spiro atoms. The van der Waals surface area contributed by atoms with E-state index in [0.29, 0.717) is 5.75 Å². The number of amides is 1. The highest BCUT2D eigenvalue weighted by molar-refractivity contribution is 8.00. The number of fused-ring (bicyclic) bond motifs is 1. The summed E-state index contributed by atoms with van der Waals surface area (Å²) in [6, 6.07) is 6.18. The zero-order chi connectivity index (χ0) is 13.0. The second-order valence-electron chi connectivity index (χ2n) is 4.56. The van der Waals surface area contributed by atoms with Gasteiger partial charge in [0.15, 0.2) is 0 Å². The molecule has 1 atom stereocenters. The number of carbonyl (C=O) groups excluding carboxylic acids is 1. The maximum atomic E-state index is 11.9. The van der Waals surface area contributed by atoms with E-state index >= 15 is 0 Å². The third kappa shape index (κ3) is 3.27. The van der Waals surface area contributed by atoms with Gasteiger partial charge in [-0.15, -0.1) is 11.8 Å². The summed E-state index contributed by atoms with van der Waals surface area (Å²) in [5.41, 5.74) is 3.66. The van der Waals surface area contributed by atoms with Gasteiger partial charge < -0.3 is 10.4 Å². The first-order valence-corrected chi connectivity index (χ1v) is 7.40. The van der Waals surface area contributed by atoms with Gasteiger partial charge in [0.25, 0.3) is 0 Å². The standard InChI is InChI=1S/C14H19NO2S/c1-10(18-8-7-16)14(17)15-13-6-5-11-3-2-4-12(11)9-13/h5-6,9-10,16H,2-4,7-8H2,1H3,(H,15,17). The number of nitrogens with one attached hydrogen (secondary N) is 1. The molecule has 0 saturated carbocycles. The lowest BCUT2D eigenvalue weighted by molar-refractivity contribution is -0.115. The van der Waals surface area contributed by atoms with Crippen LogP contribution in [-0.4, -0.2) is 28.6 Å². The number of aryl methyl sites for hydroxylation is 2. The van der Waals surface area contributed by atoms with Crippen LogP contribution in [-0.2, 0) is 17.6 Å². The summed E-state index contributed by atoms with van der Waals surface area (Å²) in [4.78, 5) is 11.9. The predicted molar refractivity (Wildman–Crippen MR) is 76.1 cm³/mol. The second kappa shape index (κ2) is 6.25. The Bertz CT molecular complexity index is 434. The molecule has 0 fully saturated rings. The first-order valence-electron chi connectivity index (χ1n) is 6.36. The average Bonchev–Trinajstić information content (AvgIpc) is 2.83. The van der Waals surface area contributed by atoms with E-state index in [9.17, 15) is 4.79 Å². The number of hydrogen-bond acceptors (Lipinski definition) is 3. The van der Waals surface area contributed by atoms with Crippen LogP contribution in [0.5, 0.6) is 0 Å². The molecule has 0 saturated heterocycles. The monoisotopic (exact) mass is 265 g/mol. The molecule has 3 nitrogen and oxygen atoms in total. The lowest BCUT2D eigenvalue weighted by Gasteiger charge is -2.12. The molecule has 0 aliphatic heterocycles. The molecule has 18 heavy (non-hydrogen) atoms. The fourth-order valence-corrected chi connectivity index (χ4v) is 2.87. The smallest absolute Gasteiger partial charge is 0.237 e. The number of thioether (sulfide) groups is 1. The van der Waals surface area contributed by atoms with Crippen molar-refractivity contribution in [2.75, 3.05) is 17.7 Å². The van der Waals surface area contributed by atoms with E-state index in [4.69, 9.17) is 5.11 Å². The zero-order valence-corrected chi connectivity index (χ0v) is 11.4. The number of carbonyl (C=O) groups is 1. The third-order valence-corrected chi connectivity index (χ3v) is 4.33. The van der Waals surface area contributed by atoms with Crippen LogP contribution in [0.3, 0.4) is 0 Å². The highest BCUT2D eigenvalue weighted by Gasteiger charge is 2.15. The Morgan fingerprint density at radius 1 is 1.44 bits per heavy atom. The Hall–Kier alpha value is -1.00. The van der Waals surface area contributed by atoms with Gasteiger partial charge in [-0.25, -0.2) is 0 Å². The van der Waals surface area contributed by atoms with Crippen LogP contribution < -0.4 is 5.32 Å². The Balaban J connectivity index is 1.94. The van der Waals surface area contributed by atoms with Crippen molar-refractivity contribution in [1.82, 2.24) is 0 Å². The van der Waals surface area contributed by atoms with Gasteiger partial charge in [0.1, 0.15) is 0 Å². The SMILES string of the molecule is CC(SCCO)C(=O)Nc1ccc2c(c1)CCC2. The van der Waals surface area contributed by atoms with Crippen LogP contribution in [0.4, 0.5) is 5.69 Å². The summed E-state index contributed by atoms with van der Waals surface area (Å²) in [6.07, 6.45) is 3.50. The van der Waals surface area contributed by atoms with E-state index in [-0.39, 0.29) is 17.8 Å². The summed E-state index contributed by atoms with van der Waals surface area (Å²) < 4.78 is 0. The highest BCUT2D eigenvalue weighted by Crippen LogP contribution is 2.25. The van der Waals surface area contributed by atoms with Crippen molar-refractivity contribution >= 4 is 23.4 Å². The van der Waals surface area contributed by atoms with Gasteiger partial charge in [0.2, 0.25) is 5.91 Å². The third-order valence-electron chi connectivity index (χ3n) is 3.19. The van der Waals surface area contributed by atoms with Crippen LogP contribution in [0.15, 0.2) is 18.2 Å². The average molecular weight is 265 g/mol. The minimum atomic E-state index is -0.134. The van der Waals surface area contributed by atoms with Gasteiger partial charge in [-0.2, -0.15) is 0 Å². The van der Waals surface area contributed by atoms with E-state index in [1.165, 1.54) is 29.3 Å². The zero-order valence-electron chi connectivity index (χ0n) is 10.6. The molecule has 4 heteroatoms. The summed E-state index contributed by atoms with van der Waals surface area (Å²) in [5.74, 6) is 0.602. The molecule has 1 aliphatic rings. The van der Waals surface area contributed by atoms with Crippen LogP contribution >= 0.6 is 11.8 Å². The maximum absolute atomic E-state index is 11.9. The van der Waals surface area contributed by atoms with Crippen molar-refractivity contribution in [2.24, 2.45) is 0 Å². The summed E-state index contributed by atoms with van der Waals surface area (Å²) in [5, 5.41) is 11.5. The summed E-state index contributed by atoms with van der Waals surface area (Å²) in [7, 11) is 0. The van der Waals surface area contributed by atoms with Gasteiger partial charge in [-0.3, -0.25) is 4.79 Å². The molecule has 1 amide bonds. The van der Waals surface area contributed by atoms with Crippen molar-refractivity contribution in [3.63, 3.8) is 0 Å². The van der Waals surface area contributed by atoms with E-state index in [1.54, 1.807) is 0 Å². The lowest BCUT2D eigenvalue weighted by atomic mass is 10.1. The molecule has 2 N–H and O–H groups in total. The quantitative estimate of drug-likeness (QED) is 0.858. The van der Waals surface area contributed by atoms with Crippen molar-refractivity contribution in [3.05, 3.63) is 29.3 Å². The van der Waals surface area contributed by atoms with Crippen molar-refractivity contribution < 1.29 is 9.90 Å². The van der Waals surface area contributed by atoms with Gasteiger partial charge in [-0.1, -0.05) is 6.07 Å². The number of rotatable bonds is 5. The topological polar surface area (TPSA) is 49.3 Å². The molecule has 1 aromatic rings. The number of hydrogen-bond donors (Lipinski definition) is 2. The Morgan fingerprint density at radius 3 is 3.00 bits per heavy atom. The van der Waals surface area contributed by atoms with E-state index in [0.717, 1.165) is 18.5 Å². The molecule has 1 unspecified atom stereocenters. The van der Waals surface area contributed by atoms with Crippen LogP contribution in [0, 0.1) is 0 Å². The van der Waals surface area contributed by atoms with Gasteiger partial charge in [-0.05, 0) is 49.4 Å². The molecule has 98 valence electrons. The van der Waals surface area contributed by atoms with E-state index in [1.807, 2.05) is 13.0 Å². The molecular formula is C14H19NO2S. The van der Waals surface area contributed by atoms with Crippen molar-refractivity contribution in [2.45, 2.75) is 31.4 Å². The Labute approximate surface area is 112 Å². The minimum absolute atomic E-state index is 0.00592. The first-order chi connectivity index (χ1) is 8.70. The highest BCUT2D eigenvalue weighted by atomic mass is 32.2. The number of aliphatic hydroxyl groups excluding tert-OH is 1. The van der Waals surface area contributed by atoms with E-state index in [2.05, 4.69) is 17.4 Å². The van der Waals surface area contributed by atoms with Gasteiger partial charge >= 0.3 is 0 Å². The van der Waals surface area contributed by atoms with Crippen molar-refractivity contribution in [1.29, 1.82) is 0 Å². The second-order valence-corrected chi connectivity index (χ2v) is 6.01. The first kappa shape index (κ1) is 13.4. The van der Waals surface area contributed by atoms with Gasteiger partial charge in [0.05, 0.1) is 11.9 Å². The number of aliphatic hydroxyl groups is 1. The van der Waals surface area contributed by atoms with Crippen LogP contribution in [0.1, 0.15) is 24.5 Å². The molecule has 0 radical (unpaired) electrons. The lowest BCUT2D eigenvalue weighted by Crippen LogP contribution is -2.23. The summed E-state index contributed by atoms with van der Waals surface area (Å²) >= 11 is 1.47. The predicted octanol–water partition coefficient (Wildman–Crippen LogP) is 2.23. The minimum Gasteiger partial charge on any atom is -0.396 e. The fourth-order valence-electron chi connectivity index (χ4n) is 2.20. The summed E-state index contributed by atoms with van der Waals surface area (Å²) in [6.45, 7) is 1.98. The van der Waals surface area contributed by atoms with E-state index < -0.39 is 0 Å². The molecule has 1 aliphatic carbocycles. The molecule has 0 aromatic heterocycles. The largest absolute Gasteiger partial charge is 0.396 e. The number of anilines is 1. The molecular weight excluding hydrogens is 246 g/mol. The molecule has 0 bridgehead atoms. The molecule has 2 rings (SSSR count). The number of benzene rings is 1. The molecule has 0 heterocycles.